The lowest BCUT2D eigenvalue weighted by molar-refractivity contribution is -0.154. The maximum Gasteiger partial charge on any atom is 0.326 e. The molecular weight excluding hydrogens is 320 g/mol. The fourth-order valence-corrected chi connectivity index (χ4v) is 4.74. The Morgan fingerprint density at radius 3 is 2.22 bits per heavy atom. The fraction of sp³-hybridized carbons (Fsp3) is 0.867. The summed E-state index contributed by atoms with van der Waals surface area (Å²) in [6, 6.07) is -0.836. The van der Waals surface area contributed by atoms with Gasteiger partial charge in [-0.3, -0.25) is 4.79 Å². The third-order valence-corrected chi connectivity index (χ3v) is 7.54. The number of rotatable bonds is 4. The van der Waals surface area contributed by atoms with Gasteiger partial charge in [0.15, 0.2) is 0 Å². The average molecular weight is 346 g/mol. The van der Waals surface area contributed by atoms with Crippen molar-refractivity contribution in [2.24, 2.45) is 5.41 Å². The van der Waals surface area contributed by atoms with Crippen molar-refractivity contribution >= 4 is 21.9 Å². The minimum Gasteiger partial charge on any atom is -0.480 e. The lowest BCUT2D eigenvalue weighted by Gasteiger charge is -2.48. The van der Waals surface area contributed by atoms with Crippen molar-refractivity contribution in [1.82, 2.24) is 9.21 Å². The molecule has 132 valence electrons. The first-order chi connectivity index (χ1) is 10.6. The number of hydrogen-bond acceptors (Lipinski definition) is 4. The summed E-state index contributed by atoms with van der Waals surface area (Å²) in [6.07, 6.45) is 2.41. The van der Waals surface area contributed by atoms with Crippen molar-refractivity contribution in [3.05, 3.63) is 0 Å². The smallest absolute Gasteiger partial charge is 0.326 e. The van der Waals surface area contributed by atoms with Crippen LogP contribution in [0.5, 0.6) is 0 Å². The van der Waals surface area contributed by atoms with Crippen molar-refractivity contribution < 1.29 is 23.1 Å². The van der Waals surface area contributed by atoms with Gasteiger partial charge >= 0.3 is 5.97 Å². The first-order valence-corrected chi connectivity index (χ1v) is 9.61. The van der Waals surface area contributed by atoms with E-state index in [1.165, 1.54) is 16.1 Å². The zero-order chi connectivity index (χ0) is 17.4. The molecule has 1 N–H and O–H groups in total. The molecule has 0 aliphatic carbocycles. The van der Waals surface area contributed by atoms with Gasteiger partial charge in [0, 0.05) is 26.1 Å². The average Bonchev–Trinajstić information content (AvgIpc) is 2.49. The topological polar surface area (TPSA) is 95.0 Å². The van der Waals surface area contributed by atoms with Crippen LogP contribution in [0.2, 0.25) is 0 Å². The lowest BCUT2D eigenvalue weighted by atomic mass is 9.72. The SMILES string of the molecule is CC(C)S(=O)(=O)N1CCC2(CCC(=O)N([C@@H](C)C(=O)O)C2)CC1. The van der Waals surface area contributed by atoms with Crippen molar-refractivity contribution in [2.45, 2.75) is 57.7 Å². The van der Waals surface area contributed by atoms with Gasteiger partial charge in [-0.2, -0.15) is 0 Å². The monoisotopic (exact) mass is 346 g/mol. The normalized spacial score (nSPS) is 24.2. The molecule has 2 fully saturated rings. The molecule has 8 heteroatoms. The highest BCUT2D eigenvalue weighted by Crippen LogP contribution is 2.41. The van der Waals surface area contributed by atoms with E-state index in [1.54, 1.807) is 13.8 Å². The number of carbonyl (C=O) groups excluding carboxylic acids is 1. The molecule has 2 aliphatic rings. The maximum absolute atomic E-state index is 12.3. The Labute approximate surface area is 137 Å². The second kappa shape index (κ2) is 6.39. The van der Waals surface area contributed by atoms with Gasteiger partial charge in [-0.1, -0.05) is 0 Å². The number of aliphatic carboxylic acids is 1. The molecule has 0 bridgehead atoms. The zero-order valence-corrected chi connectivity index (χ0v) is 14.8. The number of amides is 1. The van der Waals surface area contributed by atoms with Crippen molar-refractivity contribution in [2.75, 3.05) is 19.6 Å². The van der Waals surface area contributed by atoms with Crippen LogP contribution in [-0.2, 0) is 19.6 Å². The first-order valence-electron chi connectivity index (χ1n) is 8.10. The molecule has 0 saturated carbocycles. The van der Waals surface area contributed by atoms with Crippen LogP contribution in [0.3, 0.4) is 0 Å². The van der Waals surface area contributed by atoms with Crippen molar-refractivity contribution in [3.8, 4) is 0 Å². The van der Waals surface area contributed by atoms with Crippen LogP contribution >= 0.6 is 0 Å². The number of carboxylic acids is 1. The Hall–Kier alpha value is -1.15. The van der Waals surface area contributed by atoms with Crippen molar-refractivity contribution in [3.63, 3.8) is 0 Å². The standard InChI is InChI=1S/C15H26N2O5S/c1-11(2)23(21,22)16-8-6-15(7-9-16)5-4-13(18)17(10-15)12(3)14(19)20/h11-12H,4-10H2,1-3H3,(H,19,20)/t12-/m0/s1. The van der Waals surface area contributed by atoms with Crippen molar-refractivity contribution in [1.29, 1.82) is 0 Å². The molecule has 2 rings (SSSR count). The van der Waals surface area contributed by atoms with Gasteiger partial charge in [-0.05, 0) is 45.4 Å². The van der Waals surface area contributed by atoms with Crippen LogP contribution in [0.1, 0.15) is 46.5 Å². The Kier molecular flexibility index (Phi) is 5.06. The summed E-state index contributed by atoms with van der Waals surface area (Å²) in [7, 11) is -3.25. The molecule has 2 heterocycles. The zero-order valence-electron chi connectivity index (χ0n) is 14.0. The Balaban J connectivity index is 2.08. The number of hydrogen-bond donors (Lipinski definition) is 1. The van der Waals surface area contributed by atoms with Crippen LogP contribution < -0.4 is 0 Å². The molecule has 1 spiro atoms. The minimum absolute atomic E-state index is 0.122. The Morgan fingerprint density at radius 2 is 1.74 bits per heavy atom. The van der Waals surface area contributed by atoms with Gasteiger partial charge in [-0.25, -0.2) is 17.5 Å². The molecule has 0 aromatic carbocycles. The maximum atomic E-state index is 12.3. The van der Waals surface area contributed by atoms with Gasteiger partial charge in [0.2, 0.25) is 15.9 Å². The van der Waals surface area contributed by atoms with Gasteiger partial charge in [-0.15, -0.1) is 0 Å². The summed E-state index contributed by atoms with van der Waals surface area (Å²) >= 11 is 0. The number of likely N-dealkylation sites (tertiary alicyclic amines) is 1. The molecule has 2 aliphatic heterocycles. The van der Waals surface area contributed by atoms with Gasteiger partial charge < -0.3 is 10.0 Å². The van der Waals surface area contributed by atoms with E-state index >= 15 is 0 Å². The van der Waals surface area contributed by atoms with Crippen LogP contribution in [0.15, 0.2) is 0 Å². The van der Waals surface area contributed by atoms with Gasteiger partial charge in [0.1, 0.15) is 6.04 Å². The molecule has 0 radical (unpaired) electrons. The highest BCUT2D eigenvalue weighted by atomic mass is 32.2. The molecule has 1 atom stereocenters. The molecule has 7 nitrogen and oxygen atoms in total. The summed E-state index contributed by atoms with van der Waals surface area (Å²) in [5.41, 5.74) is -0.152. The largest absolute Gasteiger partial charge is 0.480 e. The highest BCUT2D eigenvalue weighted by Gasteiger charge is 2.45. The van der Waals surface area contributed by atoms with Crippen LogP contribution in [0, 0.1) is 5.41 Å². The predicted molar refractivity (Wildman–Crippen MR) is 85.3 cm³/mol. The number of nitrogens with zero attached hydrogens (tertiary/aromatic N) is 2. The molecule has 1 amide bonds. The Bertz CT molecular complexity index is 579. The third-order valence-electron chi connectivity index (χ3n) is 5.26. The number of sulfonamides is 1. The van der Waals surface area contributed by atoms with E-state index in [-0.39, 0.29) is 11.3 Å². The predicted octanol–water partition coefficient (Wildman–Crippen LogP) is 0.902. The molecule has 0 aromatic rings. The molecule has 2 saturated heterocycles. The number of piperidine rings is 2. The second-order valence-corrected chi connectivity index (χ2v) is 9.52. The quantitative estimate of drug-likeness (QED) is 0.816. The van der Waals surface area contributed by atoms with E-state index in [2.05, 4.69) is 0 Å². The highest BCUT2D eigenvalue weighted by molar-refractivity contribution is 7.89. The molecule has 23 heavy (non-hydrogen) atoms. The van der Waals surface area contributed by atoms with Gasteiger partial charge in [0.25, 0.3) is 0 Å². The fourth-order valence-electron chi connectivity index (χ4n) is 3.45. The van der Waals surface area contributed by atoms with E-state index in [0.29, 0.717) is 45.3 Å². The van der Waals surface area contributed by atoms with E-state index < -0.39 is 27.3 Å². The molecule has 0 unspecified atom stereocenters. The summed E-state index contributed by atoms with van der Waals surface area (Å²) in [5, 5.41) is 8.73. The van der Waals surface area contributed by atoms with Gasteiger partial charge in [0.05, 0.1) is 5.25 Å². The summed E-state index contributed by atoms with van der Waals surface area (Å²) in [5.74, 6) is -1.13. The van der Waals surface area contributed by atoms with Crippen LogP contribution in [-0.4, -0.2) is 65.5 Å². The third kappa shape index (κ3) is 3.52. The first kappa shape index (κ1) is 18.2. The van der Waals surface area contributed by atoms with E-state index in [4.69, 9.17) is 5.11 Å². The van der Waals surface area contributed by atoms with E-state index in [9.17, 15) is 18.0 Å². The van der Waals surface area contributed by atoms with E-state index in [1.807, 2.05) is 0 Å². The van der Waals surface area contributed by atoms with E-state index in [0.717, 1.165) is 0 Å². The van der Waals surface area contributed by atoms with Crippen LogP contribution in [0.4, 0.5) is 0 Å². The minimum atomic E-state index is -3.25. The number of carboxylic acid groups (broad SMARTS) is 1. The molecule has 0 aromatic heterocycles. The van der Waals surface area contributed by atoms with Crippen LogP contribution in [0.25, 0.3) is 0 Å². The summed E-state index contributed by atoms with van der Waals surface area (Å²) in [6.45, 7) is 6.19. The summed E-state index contributed by atoms with van der Waals surface area (Å²) in [4.78, 5) is 24.7. The summed E-state index contributed by atoms with van der Waals surface area (Å²) < 4.78 is 26.0. The lowest BCUT2D eigenvalue weighted by Crippen LogP contribution is -2.56. The number of carbonyl (C=O) groups is 2. The molecular formula is C15H26N2O5S. The second-order valence-electron chi connectivity index (χ2n) is 7.03. The Morgan fingerprint density at radius 1 is 1.17 bits per heavy atom.